The molecule has 1 aliphatic carbocycles. The highest BCUT2D eigenvalue weighted by Gasteiger charge is 2.17. The number of rotatable bonds is 6. The summed E-state index contributed by atoms with van der Waals surface area (Å²) in [7, 11) is 1.86. The number of aryl methyl sites for hydroxylation is 1. The maximum absolute atomic E-state index is 11.8. The van der Waals surface area contributed by atoms with Crippen LogP contribution >= 0.6 is 0 Å². The summed E-state index contributed by atoms with van der Waals surface area (Å²) < 4.78 is 5.60. The van der Waals surface area contributed by atoms with E-state index < -0.39 is 0 Å². The van der Waals surface area contributed by atoms with E-state index in [1.54, 1.807) is 0 Å². The normalized spacial score (nSPS) is 15.3. The molecule has 0 bridgehead atoms. The molecule has 1 heterocycles. The lowest BCUT2D eigenvalue weighted by molar-refractivity contribution is -0.123. The van der Waals surface area contributed by atoms with Gasteiger partial charge >= 0.3 is 0 Å². The average molecular weight is 277 g/mol. The fraction of sp³-hybridized carbons (Fsp3) is 0.600. The van der Waals surface area contributed by atoms with Crippen LogP contribution in [-0.4, -0.2) is 30.6 Å². The van der Waals surface area contributed by atoms with Crippen LogP contribution in [0.15, 0.2) is 12.1 Å². The van der Waals surface area contributed by atoms with Crippen molar-refractivity contribution < 1.29 is 9.53 Å². The zero-order valence-corrected chi connectivity index (χ0v) is 12.2. The summed E-state index contributed by atoms with van der Waals surface area (Å²) in [5.74, 6) is 0.624. The van der Waals surface area contributed by atoms with Crippen molar-refractivity contribution in [3.05, 3.63) is 23.5 Å². The molecule has 1 aliphatic rings. The number of ether oxygens (including phenoxy) is 1. The van der Waals surface area contributed by atoms with Crippen LogP contribution in [0, 0.1) is 6.92 Å². The van der Waals surface area contributed by atoms with Crippen molar-refractivity contribution in [1.29, 1.82) is 0 Å². The summed E-state index contributed by atoms with van der Waals surface area (Å²) in [5.41, 5.74) is 1.78. The summed E-state index contributed by atoms with van der Waals surface area (Å²) >= 11 is 0. The molecule has 0 unspecified atom stereocenters. The van der Waals surface area contributed by atoms with Crippen molar-refractivity contribution in [3.8, 4) is 5.75 Å². The molecule has 1 fully saturated rings. The van der Waals surface area contributed by atoms with Crippen molar-refractivity contribution in [2.24, 2.45) is 0 Å². The smallest absolute Gasteiger partial charge is 0.258 e. The molecule has 0 aromatic carbocycles. The van der Waals surface area contributed by atoms with Crippen LogP contribution in [0.5, 0.6) is 5.75 Å². The SMILES string of the molecule is CNCc1nc(C)ccc1OCC(=O)NC1CCCC1. The van der Waals surface area contributed by atoms with Crippen LogP contribution < -0.4 is 15.4 Å². The first-order valence-corrected chi connectivity index (χ1v) is 7.22. The highest BCUT2D eigenvalue weighted by atomic mass is 16.5. The highest BCUT2D eigenvalue weighted by molar-refractivity contribution is 5.77. The molecule has 20 heavy (non-hydrogen) atoms. The Kier molecular flexibility index (Phi) is 5.35. The Balaban J connectivity index is 1.87. The monoisotopic (exact) mass is 277 g/mol. The van der Waals surface area contributed by atoms with Crippen molar-refractivity contribution >= 4 is 5.91 Å². The molecule has 0 aliphatic heterocycles. The van der Waals surface area contributed by atoms with Gasteiger partial charge in [0.2, 0.25) is 0 Å². The molecule has 1 aromatic heterocycles. The largest absolute Gasteiger partial charge is 0.482 e. The molecule has 1 saturated carbocycles. The van der Waals surface area contributed by atoms with E-state index in [1.807, 2.05) is 26.1 Å². The first-order chi connectivity index (χ1) is 9.69. The van der Waals surface area contributed by atoms with Crippen molar-refractivity contribution in [1.82, 2.24) is 15.6 Å². The highest BCUT2D eigenvalue weighted by Crippen LogP contribution is 2.18. The van der Waals surface area contributed by atoms with Gasteiger partial charge in [-0.15, -0.1) is 0 Å². The standard InChI is InChI=1S/C15H23N3O2/c1-11-7-8-14(13(17-11)9-16-2)20-10-15(19)18-12-5-3-4-6-12/h7-8,12,16H,3-6,9-10H2,1-2H3,(H,18,19). The third kappa shape index (κ3) is 4.20. The zero-order chi connectivity index (χ0) is 14.4. The van der Waals surface area contributed by atoms with Gasteiger partial charge in [-0.05, 0) is 38.9 Å². The summed E-state index contributed by atoms with van der Waals surface area (Å²) in [5, 5.41) is 6.07. The quantitative estimate of drug-likeness (QED) is 0.828. The molecule has 110 valence electrons. The van der Waals surface area contributed by atoms with E-state index in [0.29, 0.717) is 18.3 Å². The van der Waals surface area contributed by atoms with E-state index in [9.17, 15) is 4.79 Å². The minimum Gasteiger partial charge on any atom is -0.482 e. The Bertz CT molecular complexity index is 456. The molecule has 2 rings (SSSR count). The third-order valence-corrected chi connectivity index (χ3v) is 3.49. The molecule has 5 heteroatoms. The number of amides is 1. The van der Waals surface area contributed by atoms with Crippen LogP contribution in [-0.2, 0) is 11.3 Å². The Labute approximate surface area is 120 Å². The Morgan fingerprint density at radius 2 is 2.15 bits per heavy atom. The average Bonchev–Trinajstić information content (AvgIpc) is 2.91. The van der Waals surface area contributed by atoms with Crippen molar-refractivity contribution in [3.63, 3.8) is 0 Å². The van der Waals surface area contributed by atoms with Crippen LogP contribution in [0.2, 0.25) is 0 Å². The molecule has 0 atom stereocenters. The molecule has 5 nitrogen and oxygen atoms in total. The Hall–Kier alpha value is -1.62. The Morgan fingerprint density at radius 3 is 2.85 bits per heavy atom. The Morgan fingerprint density at radius 1 is 1.40 bits per heavy atom. The number of nitrogens with zero attached hydrogens (tertiary/aromatic N) is 1. The molecular weight excluding hydrogens is 254 g/mol. The second-order valence-corrected chi connectivity index (χ2v) is 5.27. The molecule has 2 N–H and O–H groups in total. The molecule has 0 saturated heterocycles. The molecule has 1 aromatic rings. The number of pyridine rings is 1. The van der Waals surface area contributed by atoms with Gasteiger partial charge in [0.15, 0.2) is 6.61 Å². The van der Waals surface area contributed by atoms with Gasteiger partial charge in [0.25, 0.3) is 5.91 Å². The summed E-state index contributed by atoms with van der Waals surface area (Å²) in [6, 6.07) is 4.10. The first kappa shape index (κ1) is 14.8. The molecule has 0 radical (unpaired) electrons. The second kappa shape index (κ2) is 7.24. The first-order valence-electron chi connectivity index (χ1n) is 7.22. The van der Waals surface area contributed by atoms with Gasteiger partial charge in [-0.2, -0.15) is 0 Å². The lowest BCUT2D eigenvalue weighted by Crippen LogP contribution is -2.36. The third-order valence-electron chi connectivity index (χ3n) is 3.49. The number of carbonyl (C=O) groups excluding carboxylic acids is 1. The number of hydrogen-bond acceptors (Lipinski definition) is 4. The van der Waals surface area contributed by atoms with E-state index in [2.05, 4.69) is 15.6 Å². The molecule has 0 spiro atoms. The predicted octanol–water partition coefficient (Wildman–Crippen LogP) is 1.55. The lowest BCUT2D eigenvalue weighted by atomic mass is 10.2. The van der Waals surface area contributed by atoms with E-state index in [4.69, 9.17) is 4.74 Å². The maximum atomic E-state index is 11.8. The van der Waals surface area contributed by atoms with Crippen LogP contribution in [0.4, 0.5) is 0 Å². The number of carbonyl (C=O) groups is 1. The van der Waals surface area contributed by atoms with E-state index in [0.717, 1.165) is 24.2 Å². The summed E-state index contributed by atoms with van der Waals surface area (Å²) in [6.07, 6.45) is 4.59. The van der Waals surface area contributed by atoms with Gasteiger partial charge in [-0.3, -0.25) is 9.78 Å². The molecule has 1 amide bonds. The minimum absolute atomic E-state index is 0.0483. The minimum atomic E-state index is -0.0483. The van der Waals surface area contributed by atoms with Crippen LogP contribution in [0.1, 0.15) is 37.1 Å². The predicted molar refractivity (Wildman–Crippen MR) is 77.6 cm³/mol. The summed E-state index contributed by atoms with van der Waals surface area (Å²) in [4.78, 5) is 16.3. The van der Waals surface area contributed by atoms with E-state index in [-0.39, 0.29) is 12.5 Å². The van der Waals surface area contributed by atoms with Crippen LogP contribution in [0.3, 0.4) is 0 Å². The van der Waals surface area contributed by atoms with E-state index >= 15 is 0 Å². The van der Waals surface area contributed by atoms with Gasteiger partial charge in [-0.1, -0.05) is 12.8 Å². The van der Waals surface area contributed by atoms with Gasteiger partial charge < -0.3 is 15.4 Å². The van der Waals surface area contributed by atoms with E-state index in [1.165, 1.54) is 12.8 Å². The van der Waals surface area contributed by atoms with Gasteiger partial charge in [0.05, 0.1) is 5.69 Å². The number of aromatic nitrogens is 1. The topological polar surface area (TPSA) is 63.3 Å². The van der Waals surface area contributed by atoms with Gasteiger partial charge in [-0.25, -0.2) is 0 Å². The van der Waals surface area contributed by atoms with Crippen molar-refractivity contribution in [2.45, 2.75) is 45.2 Å². The number of nitrogens with one attached hydrogen (secondary N) is 2. The molecular formula is C15H23N3O2. The fourth-order valence-corrected chi connectivity index (χ4v) is 2.51. The maximum Gasteiger partial charge on any atom is 0.258 e. The number of hydrogen-bond donors (Lipinski definition) is 2. The fourth-order valence-electron chi connectivity index (χ4n) is 2.51. The van der Waals surface area contributed by atoms with Crippen molar-refractivity contribution in [2.75, 3.05) is 13.7 Å². The van der Waals surface area contributed by atoms with Crippen LogP contribution in [0.25, 0.3) is 0 Å². The van der Waals surface area contributed by atoms with Gasteiger partial charge in [0.1, 0.15) is 5.75 Å². The second-order valence-electron chi connectivity index (χ2n) is 5.27. The van der Waals surface area contributed by atoms with Gasteiger partial charge in [0, 0.05) is 18.3 Å². The lowest BCUT2D eigenvalue weighted by Gasteiger charge is -2.14. The zero-order valence-electron chi connectivity index (χ0n) is 12.2. The summed E-state index contributed by atoms with van der Waals surface area (Å²) in [6.45, 7) is 2.62.